The highest BCUT2D eigenvalue weighted by atomic mass is 16.6. The monoisotopic (exact) mass is 746 g/mol. The summed E-state index contributed by atoms with van der Waals surface area (Å²) in [5, 5.41) is 12.5. The summed E-state index contributed by atoms with van der Waals surface area (Å²) in [6.07, 6.45) is -0.783. The number of morpholine rings is 1. The van der Waals surface area contributed by atoms with Gasteiger partial charge in [0.25, 0.3) is 0 Å². The number of hydrogen-bond donors (Lipinski definition) is 3. The van der Waals surface area contributed by atoms with Gasteiger partial charge in [0.15, 0.2) is 0 Å². The van der Waals surface area contributed by atoms with Crippen LogP contribution in [0.5, 0.6) is 5.75 Å². The fraction of sp³-hybridized carbons (Fsp3) is 0.239. The fourth-order valence-electron chi connectivity index (χ4n) is 8.84. The van der Waals surface area contributed by atoms with Crippen LogP contribution in [0.15, 0.2) is 133 Å². The van der Waals surface area contributed by atoms with Gasteiger partial charge in [-0.2, -0.15) is 0 Å². The average molecular weight is 747 g/mol. The first-order valence-electron chi connectivity index (χ1n) is 18.7. The molecule has 2 amide bonds. The number of aliphatic hydroxyl groups excluding tert-OH is 1. The summed E-state index contributed by atoms with van der Waals surface area (Å²) in [5.41, 5.74) is 9.86. The number of primary amides is 1. The number of nitrogens with two attached hydrogens (primary N) is 1. The molecule has 0 aliphatic carbocycles. The quantitative estimate of drug-likeness (QED) is 0.130. The molecule has 2 saturated heterocycles. The molecule has 56 heavy (non-hydrogen) atoms. The number of fused-ring (bicyclic) bond motifs is 3. The Labute approximate surface area is 325 Å². The Morgan fingerprint density at radius 3 is 2.20 bits per heavy atom. The van der Waals surface area contributed by atoms with Gasteiger partial charge in [0.1, 0.15) is 29.9 Å². The van der Waals surface area contributed by atoms with Crippen molar-refractivity contribution in [2.75, 3.05) is 32.1 Å². The van der Waals surface area contributed by atoms with Crippen LogP contribution in [0.3, 0.4) is 0 Å². The minimum Gasteiger partial charge on any atom is -0.491 e. The highest BCUT2D eigenvalue weighted by Crippen LogP contribution is 2.64. The standard InChI is InChI=1S/C46H42N4O6/c1-49(29-31-12-5-2-6-13-31)25-11-14-30-19-24-37-36(28-30)46(45(54)48-37)38(43(47)52)40-44(53)56-41(33-17-9-4-10-18-33)39(32-15-7-3-8-16-32)50(40)42(46)34-20-22-35(23-21-34)55-27-26-51/h2-10,12-13,15-24,28,38-42,51H,25-27,29H2,1H3,(H2,47,52)(H,48,54)/t38-,39-,40-,41+,42+,46-/m0/s1. The Kier molecular flexibility index (Phi) is 10.1. The van der Waals surface area contributed by atoms with Crippen LogP contribution >= 0.6 is 0 Å². The number of rotatable bonds is 10. The normalized spacial score (nSPS) is 23.8. The van der Waals surface area contributed by atoms with Crippen LogP contribution in [-0.4, -0.2) is 65.5 Å². The summed E-state index contributed by atoms with van der Waals surface area (Å²) in [5.74, 6) is 3.87. The number of amides is 2. The molecule has 0 saturated carbocycles. The third-order valence-corrected chi connectivity index (χ3v) is 11.0. The molecule has 10 heteroatoms. The minimum absolute atomic E-state index is 0.104. The average Bonchev–Trinajstić information content (AvgIpc) is 3.70. The molecular weight excluding hydrogens is 705 g/mol. The molecule has 2 fully saturated rings. The van der Waals surface area contributed by atoms with Crippen LogP contribution in [0.25, 0.3) is 0 Å². The molecule has 3 aliphatic heterocycles. The molecule has 10 nitrogen and oxygen atoms in total. The summed E-state index contributed by atoms with van der Waals surface area (Å²) in [6.45, 7) is 1.17. The maximum Gasteiger partial charge on any atom is 0.324 e. The highest BCUT2D eigenvalue weighted by Gasteiger charge is 2.73. The molecule has 3 aliphatic rings. The fourth-order valence-corrected chi connectivity index (χ4v) is 8.84. The van der Waals surface area contributed by atoms with Crippen LogP contribution < -0.4 is 15.8 Å². The number of anilines is 1. The Bertz CT molecular complexity index is 2290. The lowest BCUT2D eigenvalue weighted by Gasteiger charge is -2.46. The van der Waals surface area contributed by atoms with Crippen molar-refractivity contribution in [2.45, 2.75) is 36.2 Å². The van der Waals surface area contributed by atoms with E-state index in [1.165, 1.54) is 5.56 Å². The topological polar surface area (TPSA) is 134 Å². The molecule has 5 aromatic rings. The largest absolute Gasteiger partial charge is 0.491 e. The number of nitrogens with one attached hydrogen (secondary N) is 1. The predicted molar refractivity (Wildman–Crippen MR) is 211 cm³/mol. The number of nitrogens with zero attached hydrogens (tertiary/aromatic N) is 2. The van der Waals surface area contributed by atoms with E-state index in [4.69, 9.17) is 15.2 Å². The second-order valence-electron chi connectivity index (χ2n) is 14.5. The Morgan fingerprint density at radius 2 is 1.54 bits per heavy atom. The number of aliphatic hydroxyl groups is 1. The van der Waals surface area contributed by atoms with E-state index in [-0.39, 0.29) is 13.2 Å². The number of benzene rings is 5. The van der Waals surface area contributed by atoms with Gasteiger partial charge in [0.05, 0.1) is 31.2 Å². The zero-order valence-electron chi connectivity index (χ0n) is 30.9. The molecule has 0 radical (unpaired) electrons. The zero-order valence-corrected chi connectivity index (χ0v) is 30.9. The summed E-state index contributed by atoms with van der Waals surface area (Å²) < 4.78 is 12.1. The van der Waals surface area contributed by atoms with Crippen molar-refractivity contribution in [3.8, 4) is 17.6 Å². The molecule has 0 unspecified atom stereocenters. The van der Waals surface area contributed by atoms with Crippen LogP contribution in [-0.2, 0) is 31.1 Å². The van der Waals surface area contributed by atoms with Crippen molar-refractivity contribution in [1.82, 2.24) is 9.80 Å². The number of carbonyl (C=O) groups is 3. The zero-order chi connectivity index (χ0) is 38.8. The third-order valence-electron chi connectivity index (χ3n) is 11.0. The second-order valence-corrected chi connectivity index (χ2v) is 14.5. The van der Waals surface area contributed by atoms with Crippen LogP contribution in [0, 0.1) is 17.8 Å². The van der Waals surface area contributed by atoms with Crippen LogP contribution in [0.1, 0.15) is 51.6 Å². The van der Waals surface area contributed by atoms with E-state index in [2.05, 4.69) is 34.2 Å². The smallest absolute Gasteiger partial charge is 0.324 e. The summed E-state index contributed by atoms with van der Waals surface area (Å²) in [7, 11) is 2.00. The van der Waals surface area contributed by atoms with Gasteiger partial charge in [-0.1, -0.05) is 115 Å². The molecule has 0 aromatic heterocycles. The van der Waals surface area contributed by atoms with E-state index >= 15 is 4.79 Å². The van der Waals surface area contributed by atoms with Gasteiger partial charge < -0.3 is 25.6 Å². The first kappa shape index (κ1) is 36.7. The van der Waals surface area contributed by atoms with Crippen molar-refractivity contribution in [3.63, 3.8) is 0 Å². The second kappa shape index (κ2) is 15.5. The molecule has 6 atom stereocenters. The van der Waals surface area contributed by atoms with Gasteiger partial charge >= 0.3 is 5.97 Å². The van der Waals surface area contributed by atoms with E-state index < -0.39 is 53.3 Å². The third kappa shape index (κ3) is 6.50. The van der Waals surface area contributed by atoms with E-state index in [1.807, 2.05) is 115 Å². The molecule has 4 N–H and O–H groups in total. The minimum atomic E-state index is -1.67. The van der Waals surface area contributed by atoms with E-state index in [0.717, 1.165) is 17.7 Å². The maximum atomic E-state index is 15.0. The first-order valence-corrected chi connectivity index (χ1v) is 18.7. The Morgan fingerprint density at radius 1 is 0.875 bits per heavy atom. The van der Waals surface area contributed by atoms with Crippen LogP contribution in [0.2, 0.25) is 0 Å². The molecule has 1 spiro atoms. The lowest BCUT2D eigenvalue weighted by molar-refractivity contribution is -0.178. The van der Waals surface area contributed by atoms with Gasteiger partial charge in [-0.05, 0) is 65.2 Å². The van der Waals surface area contributed by atoms with E-state index in [1.54, 1.807) is 18.2 Å². The molecule has 0 bridgehead atoms. The number of cyclic esters (lactones) is 1. The van der Waals surface area contributed by atoms with E-state index in [9.17, 15) is 14.7 Å². The maximum absolute atomic E-state index is 15.0. The van der Waals surface area contributed by atoms with Gasteiger partial charge in [-0.25, -0.2) is 0 Å². The molecule has 282 valence electrons. The molecule has 3 heterocycles. The van der Waals surface area contributed by atoms with Crippen molar-refractivity contribution in [2.24, 2.45) is 11.7 Å². The Hall–Kier alpha value is -6.25. The van der Waals surface area contributed by atoms with Crippen molar-refractivity contribution >= 4 is 23.5 Å². The van der Waals surface area contributed by atoms with Crippen molar-refractivity contribution in [3.05, 3.63) is 167 Å². The van der Waals surface area contributed by atoms with Crippen molar-refractivity contribution < 1.29 is 29.0 Å². The summed E-state index contributed by atoms with van der Waals surface area (Å²) >= 11 is 0. The summed E-state index contributed by atoms with van der Waals surface area (Å²) in [6, 6.07) is 39.3. The highest BCUT2D eigenvalue weighted by molar-refractivity contribution is 6.12. The van der Waals surface area contributed by atoms with Crippen LogP contribution in [0.4, 0.5) is 5.69 Å². The van der Waals surface area contributed by atoms with Gasteiger partial charge in [0, 0.05) is 17.8 Å². The number of esters is 1. The molecular formula is C46H42N4O6. The number of ether oxygens (including phenoxy) is 2. The van der Waals surface area contributed by atoms with Crippen molar-refractivity contribution in [1.29, 1.82) is 0 Å². The van der Waals surface area contributed by atoms with Gasteiger partial charge in [0.2, 0.25) is 11.8 Å². The summed E-state index contributed by atoms with van der Waals surface area (Å²) in [4.78, 5) is 47.8. The SMILES string of the molecule is CN(CC#Cc1ccc2c(c1)[C@]1(C(=O)N2)[C@H](C(N)=O)[C@H]2C(=O)O[C@H](c3ccccc3)[C@H](c3ccccc3)N2[C@@H]1c1ccc(OCCO)cc1)Cc1ccccc1. The van der Waals surface area contributed by atoms with E-state index in [0.29, 0.717) is 34.7 Å². The molecule has 5 aromatic carbocycles. The predicted octanol–water partition coefficient (Wildman–Crippen LogP) is 5.30. The Balaban J connectivity index is 1.30. The van der Waals surface area contributed by atoms with Gasteiger partial charge in [-0.15, -0.1) is 0 Å². The lowest BCUT2D eigenvalue weighted by atomic mass is 9.65. The number of carbonyl (C=O) groups excluding carboxylic acids is 3. The lowest BCUT2D eigenvalue weighted by Crippen LogP contribution is -2.53. The molecule has 8 rings (SSSR count). The number of hydrogen-bond acceptors (Lipinski definition) is 8. The van der Waals surface area contributed by atoms with Gasteiger partial charge in [-0.3, -0.25) is 24.2 Å². The first-order chi connectivity index (χ1) is 27.3.